The first-order valence-corrected chi connectivity index (χ1v) is 8.51. The highest BCUT2D eigenvalue weighted by atomic mass is 16.7. The van der Waals surface area contributed by atoms with Gasteiger partial charge in [-0.25, -0.2) is 9.47 Å². The van der Waals surface area contributed by atoms with Crippen molar-refractivity contribution in [2.45, 2.75) is 19.2 Å². The van der Waals surface area contributed by atoms with Crippen molar-refractivity contribution in [2.75, 3.05) is 38.3 Å². The van der Waals surface area contributed by atoms with E-state index in [2.05, 4.69) is 5.43 Å². The van der Waals surface area contributed by atoms with Crippen LogP contribution in [0.2, 0.25) is 0 Å². The van der Waals surface area contributed by atoms with Crippen LogP contribution in [0.15, 0.2) is 17.1 Å². The Morgan fingerprint density at radius 3 is 2.93 bits per heavy atom. The number of rotatable bonds is 2. The normalized spacial score (nSPS) is 21.5. The Hall–Kier alpha value is -3.08. The predicted molar refractivity (Wildman–Crippen MR) is 89.7 cm³/mol. The maximum Gasteiger partial charge on any atom is 0.514 e. The van der Waals surface area contributed by atoms with Crippen molar-refractivity contribution in [3.8, 4) is 5.75 Å². The van der Waals surface area contributed by atoms with E-state index in [-0.39, 0.29) is 42.5 Å². The highest BCUT2D eigenvalue weighted by Crippen LogP contribution is 2.20. The van der Waals surface area contributed by atoms with Gasteiger partial charge in [0.05, 0.1) is 13.1 Å². The van der Waals surface area contributed by atoms with Crippen molar-refractivity contribution in [1.82, 2.24) is 9.58 Å². The van der Waals surface area contributed by atoms with Gasteiger partial charge in [0.15, 0.2) is 6.54 Å². The number of nitrogens with one attached hydrogen (secondary N) is 1. The van der Waals surface area contributed by atoms with E-state index in [1.807, 2.05) is 0 Å². The topological polar surface area (TPSA) is 122 Å². The van der Waals surface area contributed by atoms with Gasteiger partial charge >= 0.3 is 12.1 Å². The summed E-state index contributed by atoms with van der Waals surface area (Å²) in [6.07, 6.45) is -0.412. The van der Waals surface area contributed by atoms with E-state index in [4.69, 9.17) is 14.2 Å². The smallest absolute Gasteiger partial charge is 0.458 e. The summed E-state index contributed by atoms with van der Waals surface area (Å²) >= 11 is 0. The molecule has 1 atom stereocenters. The van der Waals surface area contributed by atoms with Gasteiger partial charge in [0, 0.05) is 19.2 Å². The minimum atomic E-state index is -1.06. The summed E-state index contributed by atoms with van der Waals surface area (Å²) in [4.78, 5) is 37.0. The fourth-order valence-electron chi connectivity index (χ4n) is 3.21. The van der Waals surface area contributed by atoms with Gasteiger partial charge in [-0.1, -0.05) is 0 Å². The summed E-state index contributed by atoms with van der Waals surface area (Å²) in [5.74, 6) is -0.626. The van der Waals surface area contributed by atoms with Crippen LogP contribution in [-0.2, 0) is 14.3 Å². The van der Waals surface area contributed by atoms with E-state index in [0.29, 0.717) is 19.8 Å². The first-order valence-electron chi connectivity index (χ1n) is 8.51. The second kappa shape index (κ2) is 6.58. The van der Waals surface area contributed by atoms with E-state index < -0.39 is 17.7 Å². The largest absolute Gasteiger partial charge is 0.514 e. The van der Waals surface area contributed by atoms with Gasteiger partial charge in [0.2, 0.25) is 22.8 Å². The van der Waals surface area contributed by atoms with Crippen LogP contribution in [0.1, 0.15) is 12.6 Å². The van der Waals surface area contributed by atoms with Crippen LogP contribution >= 0.6 is 0 Å². The van der Waals surface area contributed by atoms with Crippen molar-refractivity contribution < 1.29 is 33.5 Å². The molecule has 3 aliphatic rings. The minimum Gasteiger partial charge on any atom is -0.458 e. The maximum absolute atomic E-state index is 12.2. The molecule has 0 saturated carbocycles. The average Bonchev–Trinajstić information content (AvgIpc) is 2.60. The lowest BCUT2D eigenvalue weighted by Crippen LogP contribution is -2.55. The number of nitrogens with zero attached hydrogens (tertiary/aromatic N) is 3. The molecule has 144 valence electrons. The van der Waals surface area contributed by atoms with Crippen LogP contribution in [0.3, 0.4) is 0 Å². The monoisotopic (exact) mass is 379 g/mol. The predicted octanol–water partition coefficient (Wildman–Crippen LogP) is -1.18. The van der Waals surface area contributed by atoms with Gasteiger partial charge in [-0.2, -0.15) is 4.58 Å². The van der Waals surface area contributed by atoms with Crippen LogP contribution < -0.4 is 15.6 Å². The molecule has 0 radical (unpaired) electrons. The second-order valence-corrected chi connectivity index (χ2v) is 6.48. The molecule has 0 aromatic carbocycles. The van der Waals surface area contributed by atoms with Gasteiger partial charge in [-0.15, -0.1) is 0 Å². The summed E-state index contributed by atoms with van der Waals surface area (Å²) in [5, 5.41) is 10.6. The molecule has 4 heterocycles. The van der Waals surface area contributed by atoms with E-state index in [9.17, 15) is 19.5 Å². The average molecular weight is 379 g/mol. The molecule has 0 aliphatic carbocycles. The Kier molecular flexibility index (Phi) is 4.22. The number of morpholine rings is 1. The molecular weight excluding hydrogens is 360 g/mol. The maximum atomic E-state index is 12.2. The summed E-state index contributed by atoms with van der Waals surface area (Å²) in [6, 6.07) is 1.21. The number of carbonyl (C=O) groups excluding carboxylic acids is 2. The summed E-state index contributed by atoms with van der Waals surface area (Å²) < 4.78 is 18.6. The molecular formula is C16H19N4O7+. The van der Waals surface area contributed by atoms with Crippen molar-refractivity contribution >= 4 is 18.0 Å². The van der Waals surface area contributed by atoms with Crippen LogP contribution in [-0.4, -0.2) is 82.3 Å². The third kappa shape index (κ3) is 3.10. The number of aromatic nitrogens is 1. The Bertz CT molecular complexity index is 887. The molecule has 0 unspecified atom stereocenters. The van der Waals surface area contributed by atoms with Gasteiger partial charge in [0.25, 0.3) is 6.17 Å². The summed E-state index contributed by atoms with van der Waals surface area (Å²) in [6.45, 7) is 3.18. The Morgan fingerprint density at radius 2 is 2.19 bits per heavy atom. The Morgan fingerprint density at radius 1 is 1.41 bits per heavy atom. The number of likely N-dealkylation sites (tertiary alicyclic amines) is 1. The molecule has 2 N–H and O–H groups in total. The van der Waals surface area contributed by atoms with Crippen LogP contribution in [0.25, 0.3) is 0 Å². The van der Waals surface area contributed by atoms with Crippen molar-refractivity contribution in [2.24, 2.45) is 0 Å². The number of hydrogen-bond donors (Lipinski definition) is 2. The number of aliphatic hydroxyl groups excluding tert-OH is 1. The molecule has 2 fully saturated rings. The Labute approximate surface area is 153 Å². The molecule has 4 rings (SSSR count). The fourth-order valence-corrected chi connectivity index (χ4v) is 3.21. The lowest BCUT2D eigenvalue weighted by atomic mass is 10.2. The van der Waals surface area contributed by atoms with Crippen molar-refractivity contribution in [1.29, 1.82) is 0 Å². The minimum absolute atomic E-state index is 0.0385. The molecule has 0 bridgehead atoms. The molecule has 2 saturated heterocycles. The van der Waals surface area contributed by atoms with Crippen LogP contribution in [0.4, 0.5) is 4.79 Å². The quantitative estimate of drug-likeness (QED) is 0.487. The molecule has 11 heteroatoms. The van der Waals surface area contributed by atoms with Gasteiger partial charge in [-0.05, 0) is 0 Å². The first kappa shape index (κ1) is 17.3. The third-order valence-electron chi connectivity index (χ3n) is 4.70. The zero-order valence-corrected chi connectivity index (χ0v) is 14.6. The number of aliphatic hydroxyl groups is 1. The zero-order valence-electron chi connectivity index (χ0n) is 14.6. The lowest BCUT2D eigenvalue weighted by molar-refractivity contribution is -0.591. The molecule has 1 aromatic heterocycles. The number of hydrogen-bond acceptors (Lipinski definition) is 7. The first-order chi connectivity index (χ1) is 12.9. The molecule has 11 nitrogen and oxygen atoms in total. The van der Waals surface area contributed by atoms with Gasteiger partial charge in [0.1, 0.15) is 19.3 Å². The van der Waals surface area contributed by atoms with E-state index >= 15 is 0 Å². The van der Waals surface area contributed by atoms with Crippen LogP contribution in [0.5, 0.6) is 5.75 Å². The van der Waals surface area contributed by atoms with Crippen LogP contribution in [0, 0.1) is 0 Å². The second-order valence-electron chi connectivity index (χ2n) is 6.48. The lowest BCUT2D eigenvalue weighted by Gasteiger charge is -2.37. The van der Waals surface area contributed by atoms with Gasteiger partial charge in [-0.3, -0.25) is 15.0 Å². The van der Waals surface area contributed by atoms with E-state index in [1.54, 1.807) is 4.58 Å². The third-order valence-corrected chi connectivity index (χ3v) is 4.70. The SMILES string of the molecule is CC(=O)N1CC(OC(=O)Oc2c3n(ccc2=O)N[C@@H]2COCC[N+]2=C3O)C1. The Balaban J connectivity index is 1.55. The standard InChI is InChI=1S/C16H18N4O7/c1-9(21)18-6-10(7-18)26-16(24)27-14-11(22)2-3-20-13(14)15(23)19-4-5-25-8-12(19)17-20/h2-3,10,12,17H,4-8H2,1H3/p+1/t12-/m0/s1. The zero-order chi connectivity index (χ0) is 19.1. The summed E-state index contributed by atoms with van der Waals surface area (Å²) in [7, 11) is 0. The number of amides is 1. The van der Waals surface area contributed by atoms with Gasteiger partial charge < -0.3 is 24.2 Å². The van der Waals surface area contributed by atoms with E-state index in [1.165, 1.54) is 28.8 Å². The molecule has 27 heavy (non-hydrogen) atoms. The number of pyridine rings is 1. The molecule has 3 aliphatic heterocycles. The van der Waals surface area contributed by atoms with Crippen molar-refractivity contribution in [3.05, 3.63) is 28.2 Å². The molecule has 0 spiro atoms. The summed E-state index contributed by atoms with van der Waals surface area (Å²) in [5.41, 5.74) is 2.54. The van der Waals surface area contributed by atoms with E-state index in [0.717, 1.165) is 0 Å². The fraction of sp³-hybridized carbons (Fsp3) is 0.500. The number of fused-ring (bicyclic) bond motifs is 2. The number of carbonyl (C=O) groups is 2. The highest BCUT2D eigenvalue weighted by molar-refractivity contribution is 5.91. The van der Waals surface area contributed by atoms with Crippen molar-refractivity contribution in [3.63, 3.8) is 0 Å². The molecule has 1 amide bonds. The molecule has 1 aromatic rings. The highest BCUT2D eigenvalue weighted by Gasteiger charge is 2.39. The number of ether oxygens (including phenoxy) is 3.